The summed E-state index contributed by atoms with van der Waals surface area (Å²) in [5.41, 5.74) is 2.91. The molecule has 2 atom stereocenters. The molecule has 0 N–H and O–H groups in total. The van der Waals surface area contributed by atoms with E-state index in [0.717, 1.165) is 11.1 Å². The van der Waals surface area contributed by atoms with E-state index in [0.29, 0.717) is 37.2 Å². The van der Waals surface area contributed by atoms with E-state index in [-0.39, 0.29) is 29.5 Å². The van der Waals surface area contributed by atoms with Crippen molar-refractivity contribution in [3.8, 4) is 0 Å². The zero-order valence-corrected chi connectivity index (χ0v) is 14.6. The Bertz CT molecular complexity index is 879. The van der Waals surface area contributed by atoms with Gasteiger partial charge in [-0.2, -0.15) is 0 Å². The zero-order valence-electron chi connectivity index (χ0n) is 14.6. The molecule has 0 aromatic heterocycles. The van der Waals surface area contributed by atoms with Gasteiger partial charge in [0.25, 0.3) is 5.91 Å². The Labute approximate surface area is 151 Å². The minimum absolute atomic E-state index is 0.0737. The Morgan fingerprint density at radius 2 is 2.04 bits per heavy atom. The molecule has 2 aliphatic heterocycles. The zero-order chi connectivity index (χ0) is 18.3. The third-order valence-corrected chi connectivity index (χ3v) is 5.35. The number of hydrogen-bond donors (Lipinski definition) is 0. The second-order valence-corrected chi connectivity index (χ2v) is 7.12. The van der Waals surface area contributed by atoms with Gasteiger partial charge in [0, 0.05) is 24.6 Å². The number of benzene rings is 2. The Balaban J connectivity index is 1.56. The molecular weight excluding hydrogens is 333 g/mol. The largest absolute Gasteiger partial charge is 0.465 e. The number of halogens is 1. The molecule has 26 heavy (non-hydrogen) atoms. The number of ether oxygens (including phenoxy) is 1. The summed E-state index contributed by atoms with van der Waals surface area (Å²) < 4.78 is 18.9. The summed E-state index contributed by atoms with van der Waals surface area (Å²) >= 11 is 0. The van der Waals surface area contributed by atoms with Crippen molar-refractivity contribution in [1.82, 2.24) is 4.90 Å². The van der Waals surface area contributed by atoms with Crippen molar-refractivity contribution < 1.29 is 18.7 Å². The monoisotopic (exact) mass is 353 g/mol. The van der Waals surface area contributed by atoms with Crippen molar-refractivity contribution in [1.29, 1.82) is 0 Å². The molecule has 0 unspecified atom stereocenters. The van der Waals surface area contributed by atoms with E-state index in [1.165, 1.54) is 6.07 Å². The van der Waals surface area contributed by atoms with Crippen LogP contribution < -0.4 is 0 Å². The third-order valence-electron chi connectivity index (χ3n) is 5.35. The number of hydrogen-bond acceptors (Lipinski definition) is 3. The van der Waals surface area contributed by atoms with Crippen molar-refractivity contribution in [2.24, 2.45) is 11.8 Å². The van der Waals surface area contributed by atoms with Crippen molar-refractivity contribution in [2.45, 2.75) is 13.3 Å². The van der Waals surface area contributed by atoms with Crippen molar-refractivity contribution in [3.63, 3.8) is 0 Å². The van der Waals surface area contributed by atoms with E-state index < -0.39 is 0 Å². The number of aryl methyl sites for hydroxylation is 1. The lowest BCUT2D eigenvalue weighted by Crippen LogP contribution is -2.31. The number of carbonyl (C=O) groups is 2. The Morgan fingerprint density at radius 1 is 1.23 bits per heavy atom. The number of esters is 1. The summed E-state index contributed by atoms with van der Waals surface area (Å²) in [6.07, 6.45) is 0.488. The second kappa shape index (κ2) is 6.56. The van der Waals surface area contributed by atoms with E-state index in [1.54, 1.807) is 24.0 Å². The number of nitrogens with zero attached hydrogens (tertiary/aromatic N) is 1. The van der Waals surface area contributed by atoms with E-state index in [2.05, 4.69) is 0 Å². The molecule has 0 saturated carbocycles. The van der Waals surface area contributed by atoms with Gasteiger partial charge in [-0.25, -0.2) is 4.39 Å². The van der Waals surface area contributed by atoms with Crippen molar-refractivity contribution in [3.05, 3.63) is 70.5 Å². The van der Waals surface area contributed by atoms with Gasteiger partial charge in [-0.15, -0.1) is 0 Å². The molecule has 2 fully saturated rings. The first kappa shape index (κ1) is 16.8. The fourth-order valence-corrected chi connectivity index (χ4v) is 3.79. The summed E-state index contributed by atoms with van der Waals surface area (Å²) in [5.74, 6) is -0.608. The van der Waals surface area contributed by atoms with Crippen molar-refractivity contribution >= 4 is 11.9 Å². The summed E-state index contributed by atoms with van der Waals surface area (Å²) in [7, 11) is 0. The van der Waals surface area contributed by atoms with Crippen LogP contribution in [0, 0.1) is 24.6 Å². The van der Waals surface area contributed by atoms with Gasteiger partial charge >= 0.3 is 5.97 Å². The standard InChI is InChI=1S/C21H20FNO3/c1-13-6-7-14(9-19(13)22)8-15-4-2-3-5-17(15)20(24)23-10-16-12-26-21(25)18(16)11-23/h2-7,9,16,18H,8,10-12H2,1H3/t16-,18-/m1/s1. The average molecular weight is 353 g/mol. The summed E-state index contributed by atoms with van der Waals surface area (Å²) in [4.78, 5) is 26.5. The molecule has 0 spiro atoms. The maximum atomic E-state index is 13.8. The predicted octanol–water partition coefficient (Wildman–Crippen LogP) is 2.97. The van der Waals surface area contributed by atoms with Gasteiger partial charge in [0.15, 0.2) is 0 Å². The van der Waals surface area contributed by atoms with Crippen LogP contribution in [0.4, 0.5) is 4.39 Å². The van der Waals surface area contributed by atoms with Crippen LogP contribution in [0.25, 0.3) is 0 Å². The Morgan fingerprint density at radius 3 is 2.81 bits per heavy atom. The average Bonchev–Trinajstić information content (AvgIpc) is 3.20. The highest BCUT2D eigenvalue weighted by molar-refractivity contribution is 5.96. The topological polar surface area (TPSA) is 46.6 Å². The molecule has 4 rings (SSSR count). The molecule has 0 radical (unpaired) electrons. The fraction of sp³-hybridized carbons (Fsp3) is 0.333. The molecule has 1 amide bonds. The van der Waals surface area contributed by atoms with Crippen LogP contribution in [-0.2, 0) is 16.0 Å². The lowest BCUT2D eigenvalue weighted by Gasteiger charge is -2.19. The lowest BCUT2D eigenvalue weighted by atomic mass is 9.98. The van der Waals surface area contributed by atoms with Gasteiger partial charge in [-0.1, -0.05) is 30.3 Å². The molecule has 2 aromatic rings. The normalized spacial score (nSPS) is 21.6. The first-order valence-electron chi connectivity index (χ1n) is 8.82. The second-order valence-electron chi connectivity index (χ2n) is 7.12. The molecule has 2 aromatic carbocycles. The Hall–Kier alpha value is -2.69. The van der Waals surface area contributed by atoms with Crippen LogP contribution in [0.2, 0.25) is 0 Å². The van der Waals surface area contributed by atoms with Crippen LogP contribution in [0.5, 0.6) is 0 Å². The molecule has 5 heteroatoms. The van der Waals surface area contributed by atoms with E-state index in [1.807, 2.05) is 24.3 Å². The molecule has 134 valence electrons. The highest BCUT2D eigenvalue weighted by atomic mass is 19.1. The number of fused-ring (bicyclic) bond motifs is 1. The molecule has 2 heterocycles. The maximum absolute atomic E-state index is 13.8. The quantitative estimate of drug-likeness (QED) is 0.797. The highest BCUT2D eigenvalue weighted by Crippen LogP contribution is 2.31. The molecular formula is C21H20FNO3. The van der Waals surface area contributed by atoms with Gasteiger partial charge in [0.1, 0.15) is 5.82 Å². The number of carbonyl (C=O) groups excluding carboxylic acids is 2. The van der Waals surface area contributed by atoms with Crippen LogP contribution >= 0.6 is 0 Å². The Kier molecular flexibility index (Phi) is 4.23. The smallest absolute Gasteiger partial charge is 0.311 e. The number of amides is 1. The van der Waals surface area contributed by atoms with Crippen LogP contribution in [0.15, 0.2) is 42.5 Å². The van der Waals surface area contributed by atoms with E-state index in [4.69, 9.17) is 4.74 Å². The van der Waals surface area contributed by atoms with Gasteiger partial charge < -0.3 is 9.64 Å². The molecule has 0 bridgehead atoms. The van der Waals surface area contributed by atoms with E-state index >= 15 is 0 Å². The van der Waals surface area contributed by atoms with Gasteiger partial charge in [-0.05, 0) is 42.2 Å². The van der Waals surface area contributed by atoms with Gasteiger partial charge in [0.05, 0.1) is 12.5 Å². The third kappa shape index (κ3) is 2.98. The van der Waals surface area contributed by atoms with Gasteiger partial charge in [-0.3, -0.25) is 9.59 Å². The minimum Gasteiger partial charge on any atom is -0.465 e. The predicted molar refractivity (Wildman–Crippen MR) is 94.2 cm³/mol. The minimum atomic E-state index is -0.239. The number of cyclic esters (lactones) is 1. The molecule has 2 saturated heterocycles. The summed E-state index contributed by atoms with van der Waals surface area (Å²) in [5, 5.41) is 0. The fourth-order valence-electron chi connectivity index (χ4n) is 3.79. The van der Waals surface area contributed by atoms with Crippen LogP contribution in [0.1, 0.15) is 27.0 Å². The highest BCUT2D eigenvalue weighted by Gasteiger charge is 2.45. The van der Waals surface area contributed by atoms with Crippen molar-refractivity contribution in [2.75, 3.05) is 19.7 Å². The number of likely N-dealkylation sites (tertiary alicyclic amines) is 1. The van der Waals surface area contributed by atoms with E-state index in [9.17, 15) is 14.0 Å². The molecule has 2 aliphatic rings. The molecule has 0 aliphatic carbocycles. The van der Waals surface area contributed by atoms with Crippen LogP contribution in [-0.4, -0.2) is 36.5 Å². The summed E-state index contributed by atoms with van der Waals surface area (Å²) in [6, 6.07) is 12.6. The maximum Gasteiger partial charge on any atom is 0.311 e. The lowest BCUT2D eigenvalue weighted by molar-refractivity contribution is -0.141. The molecule has 4 nitrogen and oxygen atoms in total. The summed E-state index contributed by atoms with van der Waals surface area (Å²) in [6.45, 7) is 3.09. The van der Waals surface area contributed by atoms with Gasteiger partial charge in [0.2, 0.25) is 0 Å². The van der Waals surface area contributed by atoms with Crippen LogP contribution in [0.3, 0.4) is 0 Å². The SMILES string of the molecule is Cc1ccc(Cc2ccccc2C(=O)N2C[C@@H]3COC(=O)[C@@H]3C2)cc1F. The first-order chi connectivity index (χ1) is 12.5. The number of rotatable bonds is 3. The first-order valence-corrected chi connectivity index (χ1v) is 8.82.